The smallest absolute Gasteiger partial charge is 0.408 e. The van der Waals surface area contributed by atoms with E-state index in [4.69, 9.17) is 4.74 Å². The highest BCUT2D eigenvalue weighted by Crippen LogP contribution is 2.22. The van der Waals surface area contributed by atoms with Gasteiger partial charge in [-0.3, -0.25) is 4.79 Å². The van der Waals surface area contributed by atoms with Gasteiger partial charge in [0, 0.05) is 11.6 Å². The molecule has 1 aromatic carbocycles. The van der Waals surface area contributed by atoms with Crippen molar-refractivity contribution in [1.29, 1.82) is 0 Å². The van der Waals surface area contributed by atoms with E-state index in [0.717, 1.165) is 12.1 Å². The lowest BCUT2D eigenvalue weighted by molar-refractivity contribution is -0.141. The molecule has 7 heteroatoms. The summed E-state index contributed by atoms with van der Waals surface area (Å²) in [5.74, 6) is -2.27. The Labute approximate surface area is 127 Å². The van der Waals surface area contributed by atoms with Crippen LogP contribution in [0.5, 0.6) is 0 Å². The first-order chi connectivity index (χ1) is 10.1. The summed E-state index contributed by atoms with van der Waals surface area (Å²) in [4.78, 5) is 23.2. The molecule has 0 aliphatic heterocycles. The van der Waals surface area contributed by atoms with E-state index in [1.54, 1.807) is 20.8 Å². The van der Waals surface area contributed by atoms with Crippen LogP contribution < -0.4 is 5.32 Å². The lowest BCUT2D eigenvalue weighted by Crippen LogP contribution is -2.36. The van der Waals surface area contributed by atoms with Crippen LogP contribution in [0, 0.1) is 11.6 Å². The molecule has 0 bridgehead atoms. The van der Waals surface area contributed by atoms with Crippen molar-refractivity contribution in [3.63, 3.8) is 0 Å². The van der Waals surface area contributed by atoms with Crippen LogP contribution in [0.4, 0.5) is 13.6 Å². The average Bonchev–Trinajstić information content (AvgIpc) is 2.35. The minimum Gasteiger partial charge on any atom is -0.469 e. The predicted octanol–water partition coefficient (Wildman–Crippen LogP) is 3.09. The molecule has 1 N–H and O–H groups in total. The van der Waals surface area contributed by atoms with Crippen LogP contribution in [0.3, 0.4) is 0 Å². The Balaban J connectivity index is 2.98. The molecule has 0 radical (unpaired) electrons. The Morgan fingerprint density at radius 1 is 1.27 bits per heavy atom. The van der Waals surface area contributed by atoms with E-state index >= 15 is 0 Å². The van der Waals surface area contributed by atoms with Gasteiger partial charge in [0.1, 0.15) is 17.2 Å². The van der Waals surface area contributed by atoms with Gasteiger partial charge in [-0.2, -0.15) is 0 Å². The molecule has 0 heterocycles. The summed E-state index contributed by atoms with van der Waals surface area (Å²) in [7, 11) is 1.17. The molecule has 1 rings (SSSR count). The van der Waals surface area contributed by atoms with Crippen LogP contribution >= 0.6 is 0 Å². The van der Waals surface area contributed by atoms with Gasteiger partial charge in [-0.15, -0.1) is 0 Å². The number of nitrogens with one attached hydrogen (secondary N) is 1. The zero-order valence-corrected chi connectivity index (χ0v) is 12.9. The van der Waals surface area contributed by atoms with E-state index in [9.17, 15) is 18.4 Å². The largest absolute Gasteiger partial charge is 0.469 e. The van der Waals surface area contributed by atoms with Crippen molar-refractivity contribution in [3.8, 4) is 0 Å². The second-order valence-corrected chi connectivity index (χ2v) is 5.64. The molecule has 0 fully saturated rings. The molecular weight excluding hydrogens is 296 g/mol. The molecule has 1 amide bonds. The van der Waals surface area contributed by atoms with Crippen molar-refractivity contribution in [2.24, 2.45) is 0 Å². The fourth-order valence-electron chi connectivity index (χ4n) is 1.72. The number of amides is 1. The summed E-state index contributed by atoms with van der Waals surface area (Å²) >= 11 is 0. The van der Waals surface area contributed by atoms with Crippen molar-refractivity contribution >= 4 is 12.1 Å². The zero-order chi connectivity index (χ0) is 16.9. The van der Waals surface area contributed by atoms with Crippen LogP contribution in [0.1, 0.15) is 38.8 Å². The van der Waals surface area contributed by atoms with E-state index in [1.165, 1.54) is 7.11 Å². The Hall–Kier alpha value is -2.18. The minimum absolute atomic E-state index is 0.0299. The molecule has 0 saturated carbocycles. The van der Waals surface area contributed by atoms with Crippen molar-refractivity contribution in [3.05, 3.63) is 35.4 Å². The van der Waals surface area contributed by atoms with Gasteiger partial charge in [-0.1, -0.05) is 6.07 Å². The highest BCUT2D eigenvalue weighted by molar-refractivity contribution is 5.73. The summed E-state index contributed by atoms with van der Waals surface area (Å²) < 4.78 is 36.4. The molecule has 0 aromatic heterocycles. The Morgan fingerprint density at radius 2 is 1.91 bits per heavy atom. The minimum atomic E-state index is -1.03. The number of methoxy groups -OCH3 is 1. The monoisotopic (exact) mass is 315 g/mol. The highest BCUT2D eigenvalue weighted by atomic mass is 19.1. The van der Waals surface area contributed by atoms with Gasteiger partial charge >= 0.3 is 12.1 Å². The predicted molar refractivity (Wildman–Crippen MR) is 75.1 cm³/mol. The SMILES string of the molecule is COC(=O)CC(NC(=O)OC(C)(C)C)c1ccc(F)cc1F. The molecular formula is C15H19F2NO4. The van der Waals surface area contributed by atoms with Crippen molar-refractivity contribution in [2.75, 3.05) is 7.11 Å². The van der Waals surface area contributed by atoms with Crippen molar-refractivity contribution in [2.45, 2.75) is 38.8 Å². The maximum Gasteiger partial charge on any atom is 0.408 e. The van der Waals surface area contributed by atoms with Crippen LogP contribution in [-0.4, -0.2) is 24.8 Å². The van der Waals surface area contributed by atoms with Gasteiger partial charge in [-0.25, -0.2) is 13.6 Å². The van der Waals surface area contributed by atoms with Gasteiger partial charge < -0.3 is 14.8 Å². The molecule has 1 atom stereocenters. The van der Waals surface area contributed by atoms with Gasteiger partial charge in [0.25, 0.3) is 0 Å². The van der Waals surface area contributed by atoms with Gasteiger partial charge in [0.05, 0.1) is 19.6 Å². The fourth-order valence-corrected chi connectivity index (χ4v) is 1.72. The van der Waals surface area contributed by atoms with E-state index in [0.29, 0.717) is 6.07 Å². The summed E-state index contributed by atoms with van der Waals surface area (Å²) in [6, 6.07) is 1.86. The number of alkyl carbamates (subject to hydrolysis) is 1. The Morgan fingerprint density at radius 3 is 2.41 bits per heavy atom. The maximum absolute atomic E-state index is 13.9. The summed E-state index contributed by atoms with van der Waals surface area (Å²) in [5.41, 5.74) is -0.779. The quantitative estimate of drug-likeness (QED) is 0.867. The first kappa shape index (κ1) is 17.9. The standard InChI is InChI=1S/C15H19F2NO4/c1-15(2,3)22-14(20)18-12(8-13(19)21-4)10-6-5-9(16)7-11(10)17/h5-7,12H,8H2,1-4H3,(H,18,20). The first-order valence-electron chi connectivity index (χ1n) is 6.63. The van der Waals surface area contributed by atoms with Gasteiger partial charge in [0.15, 0.2) is 0 Å². The van der Waals surface area contributed by atoms with E-state index in [-0.39, 0.29) is 12.0 Å². The lowest BCUT2D eigenvalue weighted by atomic mass is 10.0. The summed E-state index contributed by atoms with van der Waals surface area (Å²) in [6.45, 7) is 5.00. The van der Waals surface area contributed by atoms with Gasteiger partial charge in [0.2, 0.25) is 0 Å². The molecule has 0 aliphatic carbocycles. The number of esters is 1. The molecule has 1 aromatic rings. The van der Waals surface area contributed by atoms with Crippen LogP contribution in [0.15, 0.2) is 18.2 Å². The first-order valence-corrected chi connectivity index (χ1v) is 6.63. The molecule has 122 valence electrons. The molecule has 0 saturated heterocycles. The molecule has 0 spiro atoms. The fraction of sp³-hybridized carbons (Fsp3) is 0.467. The average molecular weight is 315 g/mol. The topological polar surface area (TPSA) is 64.6 Å². The number of benzene rings is 1. The molecule has 5 nitrogen and oxygen atoms in total. The van der Waals surface area contributed by atoms with Crippen molar-refractivity contribution in [1.82, 2.24) is 5.32 Å². The third kappa shape index (κ3) is 5.67. The Kier molecular flexibility index (Phi) is 5.84. The van der Waals surface area contributed by atoms with E-state index < -0.39 is 35.3 Å². The number of rotatable bonds is 4. The van der Waals surface area contributed by atoms with E-state index in [1.807, 2.05) is 0 Å². The normalized spacial score (nSPS) is 12.5. The van der Waals surface area contributed by atoms with E-state index in [2.05, 4.69) is 10.1 Å². The number of hydrogen-bond acceptors (Lipinski definition) is 4. The second kappa shape index (κ2) is 7.20. The third-order valence-electron chi connectivity index (χ3n) is 2.63. The number of carbonyl (C=O) groups excluding carboxylic acids is 2. The lowest BCUT2D eigenvalue weighted by Gasteiger charge is -2.23. The summed E-state index contributed by atoms with van der Waals surface area (Å²) in [6.07, 6.45) is -1.12. The van der Waals surface area contributed by atoms with Crippen molar-refractivity contribution < 1.29 is 27.8 Å². The zero-order valence-electron chi connectivity index (χ0n) is 12.9. The van der Waals surface area contributed by atoms with Crippen LogP contribution in [-0.2, 0) is 14.3 Å². The Bertz CT molecular complexity index is 555. The number of carbonyl (C=O) groups is 2. The number of halogens is 2. The highest BCUT2D eigenvalue weighted by Gasteiger charge is 2.25. The molecule has 0 aliphatic rings. The number of ether oxygens (including phenoxy) is 2. The van der Waals surface area contributed by atoms with Crippen LogP contribution in [0.2, 0.25) is 0 Å². The molecule has 22 heavy (non-hydrogen) atoms. The molecule has 1 unspecified atom stereocenters. The van der Waals surface area contributed by atoms with Crippen LogP contribution in [0.25, 0.3) is 0 Å². The third-order valence-corrected chi connectivity index (χ3v) is 2.63. The summed E-state index contributed by atoms with van der Waals surface area (Å²) in [5, 5.41) is 2.39. The number of hydrogen-bond donors (Lipinski definition) is 1. The second-order valence-electron chi connectivity index (χ2n) is 5.64. The maximum atomic E-state index is 13.9. The van der Waals surface area contributed by atoms with Gasteiger partial charge in [-0.05, 0) is 26.8 Å².